The Labute approximate surface area is 137 Å². The molecule has 23 heavy (non-hydrogen) atoms. The van der Waals surface area contributed by atoms with E-state index in [4.69, 9.17) is 9.84 Å². The first-order chi connectivity index (χ1) is 10.8. The largest absolute Gasteiger partial charge is 0.478 e. The van der Waals surface area contributed by atoms with Gasteiger partial charge in [0.25, 0.3) is 0 Å². The first-order valence-electron chi connectivity index (χ1n) is 7.78. The zero-order valence-electron chi connectivity index (χ0n) is 14.2. The minimum atomic E-state index is -1.13. The molecule has 5 heteroatoms. The van der Waals surface area contributed by atoms with Gasteiger partial charge in [0, 0.05) is 0 Å². The van der Waals surface area contributed by atoms with Crippen LogP contribution in [0.1, 0.15) is 44.7 Å². The molecule has 0 aliphatic carbocycles. The van der Waals surface area contributed by atoms with E-state index in [9.17, 15) is 9.59 Å². The van der Waals surface area contributed by atoms with Crippen molar-refractivity contribution in [1.29, 1.82) is 0 Å². The Morgan fingerprint density at radius 2 is 1.74 bits per heavy atom. The molecule has 126 valence electrons. The summed E-state index contributed by atoms with van der Waals surface area (Å²) < 4.78 is 5.25. The van der Waals surface area contributed by atoms with E-state index in [0.29, 0.717) is 5.92 Å². The van der Waals surface area contributed by atoms with Crippen LogP contribution in [0.25, 0.3) is 0 Å². The van der Waals surface area contributed by atoms with Crippen molar-refractivity contribution in [1.82, 2.24) is 0 Å². The van der Waals surface area contributed by atoms with Gasteiger partial charge in [-0.25, -0.2) is 4.79 Å². The highest BCUT2D eigenvalue weighted by molar-refractivity contribution is 5.88. The van der Waals surface area contributed by atoms with Gasteiger partial charge < -0.3 is 15.6 Å². The number of ether oxygens (including phenoxy) is 1. The van der Waals surface area contributed by atoms with E-state index in [-0.39, 0.29) is 5.57 Å². The smallest absolute Gasteiger partial charge is 0.340 e. The zero-order valence-corrected chi connectivity index (χ0v) is 14.2. The third-order valence-corrected chi connectivity index (χ3v) is 3.67. The van der Waals surface area contributed by atoms with Crippen LogP contribution in [-0.4, -0.2) is 23.1 Å². The number of rotatable bonds is 7. The Bertz CT molecular complexity index is 575. The number of carboxylic acid groups (broad SMARTS) is 1. The molecule has 2 atom stereocenters. The second-order valence-corrected chi connectivity index (χ2v) is 6.10. The van der Waals surface area contributed by atoms with Crippen molar-refractivity contribution >= 4 is 11.9 Å². The second kappa shape index (κ2) is 8.48. The summed E-state index contributed by atoms with van der Waals surface area (Å²) in [6.07, 6.45) is 1.36. The highest BCUT2D eigenvalue weighted by Crippen LogP contribution is 2.20. The molecular formula is C18H26NO4+. The van der Waals surface area contributed by atoms with Gasteiger partial charge in [0.2, 0.25) is 0 Å². The highest BCUT2D eigenvalue weighted by atomic mass is 16.5. The number of carboxylic acids is 1. The number of aliphatic carboxylic acids is 1. The summed E-state index contributed by atoms with van der Waals surface area (Å²) in [7, 11) is 0. The third kappa shape index (κ3) is 5.53. The maximum absolute atomic E-state index is 12.2. The van der Waals surface area contributed by atoms with Crippen molar-refractivity contribution in [2.24, 2.45) is 5.92 Å². The quantitative estimate of drug-likeness (QED) is 0.595. The molecule has 0 aliphatic heterocycles. The predicted octanol–water partition coefficient (Wildman–Crippen LogP) is 2.13. The molecule has 0 radical (unpaired) electrons. The Kier molecular flexibility index (Phi) is 6.97. The molecule has 0 fully saturated rings. The van der Waals surface area contributed by atoms with Crippen molar-refractivity contribution in [2.45, 2.75) is 46.1 Å². The molecule has 0 saturated heterocycles. The van der Waals surface area contributed by atoms with Crippen LogP contribution in [0.15, 0.2) is 36.0 Å². The predicted molar refractivity (Wildman–Crippen MR) is 87.6 cm³/mol. The van der Waals surface area contributed by atoms with Crippen LogP contribution in [0, 0.1) is 5.92 Å². The minimum absolute atomic E-state index is 0.0298. The van der Waals surface area contributed by atoms with E-state index in [2.05, 4.69) is 19.6 Å². The van der Waals surface area contributed by atoms with Crippen molar-refractivity contribution in [3.63, 3.8) is 0 Å². The number of quaternary nitrogens is 1. The van der Waals surface area contributed by atoms with Gasteiger partial charge in [-0.15, -0.1) is 0 Å². The fraction of sp³-hybridized carbons (Fsp3) is 0.444. The van der Waals surface area contributed by atoms with Crippen molar-refractivity contribution in [3.8, 4) is 0 Å². The van der Waals surface area contributed by atoms with E-state index < -0.39 is 24.0 Å². The number of hydrogen-bond donors (Lipinski definition) is 2. The molecule has 0 aromatic heterocycles. The average molecular weight is 320 g/mol. The highest BCUT2D eigenvalue weighted by Gasteiger charge is 2.24. The first kappa shape index (κ1) is 18.9. The lowest BCUT2D eigenvalue weighted by molar-refractivity contribution is -0.277. The third-order valence-electron chi connectivity index (χ3n) is 3.67. The number of esters is 1. The van der Waals surface area contributed by atoms with Gasteiger partial charge in [-0.3, -0.25) is 4.79 Å². The number of carbonyl (C=O) groups is 2. The molecule has 1 aromatic carbocycles. The molecule has 0 aliphatic rings. The summed E-state index contributed by atoms with van der Waals surface area (Å²) >= 11 is 0. The fourth-order valence-electron chi connectivity index (χ4n) is 2.32. The van der Waals surface area contributed by atoms with E-state index in [0.717, 1.165) is 12.0 Å². The van der Waals surface area contributed by atoms with Crippen LogP contribution in [0.2, 0.25) is 0 Å². The van der Waals surface area contributed by atoms with Crippen LogP contribution in [0.3, 0.4) is 0 Å². The lowest BCUT2D eigenvalue weighted by Gasteiger charge is -2.17. The second-order valence-electron chi connectivity index (χ2n) is 6.10. The van der Waals surface area contributed by atoms with Crippen LogP contribution in [0.5, 0.6) is 0 Å². The van der Waals surface area contributed by atoms with Gasteiger partial charge in [-0.2, -0.15) is 0 Å². The topological polar surface area (TPSA) is 91.2 Å². The molecular weight excluding hydrogens is 294 g/mol. The number of carbonyl (C=O) groups excluding carboxylic acids is 1. The van der Waals surface area contributed by atoms with Crippen LogP contribution >= 0.6 is 0 Å². The summed E-state index contributed by atoms with van der Waals surface area (Å²) in [5, 5.41) is 9.02. The maximum Gasteiger partial charge on any atom is 0.340 e. The van der Waals surface area contributed by atoms with Crippen LogP contribution in [-0.2, 0) is 20.7 Å². The molecule has 0 amide bonds. The molecule has 0 unspecified atom stereocenters. The van der Waals surface area contributed by atoms with Gasteiger partial charge in [0.1, 0.15) is 17.9 Å². The lowest BCUT2D eigenvalue weighted by atomic mass is 9.97. The molecule has 0 bridgehead atoms. The maximum atomic E-state index is 12.2. The summed E-state index contributed by atoms with van der Waals surface area (Å²) in [6, 6.07) is 7.87. The molecule has 0 spiro atoms. The standard InChI is InChI=1S/C18H25NO4/c1-11(2)9-14-5-7-15(8-6-14)12(3)18(22)23-13(4)16(10-19)17(20)21/h5-8,10-13H,9,19H2,1-4H3,(H,20,21)/p+1/b16-10-/t12-,13+/m0/s1. The Morgan fingerprint density at radius 1 is 1.17 bits per heavy atom. The average Bonchev–Trinajstić information content (AvgIpc) is 2.46. The molecule has 4 N–H and O–H groups in total. The van der Waals surface area contributed by atoms with Gasteiger partial charge in [0.05, 0.1) is 5.92 Å². The first-order valence-corrected chi connectivity index (χ1v) is 7.78. The van der Waals surface area contributed by atoms with E-state index in [1.54, 1.807) is 6.92 Å². The van der Waals surface area contributed by atoms with E-state index in [1.807, 2.05) is 24.3 Å². The van der Waals surface area contributed by atoms with Gasteiger partial charge in [-0.05, 0) is 37.3 Å². The Morgan fingerprint density at radius 3 is 2.17 bits per heavy atom. The van der Waals surface area contributed by atoms with Crippen molar-refractivity contribution < 1.29 is 25.2 Å². The summed E-state index contributed by atoms with van der Waals surface area (Å²) in [5.41, 5.74) is 5.49. The molecule has 1 aromatic rings. The fourth-order valence-corrected chi connectivity index (χ4v) is 2.32. The Balaban J connectivity index is 2.75. The zero-order chi connectivity index (χ0) is 17.6. The van der Waals surface area contributed by atoms with Crippen LogP contribution < -0.4 is 5.73 Å². The molecule has 5 nitrogen and oxygen atoms in total. The summed E-state index contributed by atoms with van der Waals surface area (Å²) in [6.45, 7) is 7.60. The SMILES string of the molecule is CC(C)Cc1ccc([C@H](C)C(=O)O[C@H](C)/C(=C/[NH3+])C(=O)O)cc1. The Hall–Kier alpha value is -2.14. The van der Waals surface area contributed by atoms with Gasteiger partial charge >= 0.3 is 11.9 Å². The number of hydrogen-bond acceptors (Lipinski definition) is 3. The minimum Gasteiger partial charge on any atom is -0.478 e. The lowest BCUT2D eigenvalue weighted by Crippen LogP contribution is -2.42. The normalized spacial score (nSPS) is 14.4. The van der Waals surface area contributed by atoms with Crippen molar-refractivity contribution in [2.75, 3.05) is 0 Å². The van der Waals surface area contributed by atoms with Gasteiger partial charge in [-0.1, -0.05) is 38.1 Å². The van der Waals surface area contributed by atoms with E-state index in [1.165, 1.54) is 18.7 Å². The summed E-state index contributed by atoms with van der Waals surface area (Å²) in [4.78, 5) is 23.2. The number of benzene rings is 1. The summed E-state index contributed by atoms with van der Waals surface area (Å²) in [5.74, 6) is -1.46. The van der Waals surface area contributed by atoms with E-state index >= 15 is 0 Å². The molecule has 0 saturated carbocycles. The molecule has 1 rings (SSSR count). The molecule has 0 heterocycles. The van der Waals surface area contributed by atoms with Gasteiger partial charge in [0.15, 0.2) is 0 Å². The monoisotopic (exact) mass is 320 g/mol. The van der Waals surface area contributed by atoms with Crippen molar-refractivity contribution in [3.05, 3.63) is 47.2 Å². The van der Waals surface area contributed by atoms with Crippen LogP contribution in [0.4, 0.5) is 0 Å².